The summed E-state index contributed by atoms with van der Waals surface area (Å²) in [5.74, 6) is -1.40. The van der Waals surface area contributed by atoms with Gasteiger partial charge >= 0.3 is 12.1 Å². The van der Waals surface area contributed by atoms with Crippen molar-refractivity contribution in [2.75, 3.05) is 5.32 Å². The molecule has 0 saturated carbocycles. The van der Waals surface area contributed by atoms with E-state index in [2.05, 4.69) is 26.6 Å². The summed E-state index contributed by atoms with van der Waals surface area (Å²) >= 11 is 3.15. The number of ether oxygens (including phenoxy) is 1. The summed E-state index contributed by atoms with van der Waals surface area (Å²) in [4.78, 5) is 35.0. The van der Waals surface area contributed by atoms with Gasteiger partial charge in [0.05, 0.1) is 5.56 Å². The summed E-state index contributed by atoms with van der Waals surface area (Å²) in [5, 5.41) is 14.4. The molecule has 0 aromatic heterocycles. The highest BCUT2D eigenvalue weighted by Crippen LogP contribution is 2.19. The third-order valence-electron chi connectivity index (χ3n) is 3.51. The fourth-order valence-electron chi connectivity index (χ4n) is 2.24. The molecule has 0 fully saturated rings. The summed E-state index contributed by atoms with van der Waals surface area (Å²) in [5.41, 5.74) is 1.28. The molecule has 8 heteroatoms. The van der Waals surface area contributed by atoms with Crippen molar-refractivity contribution < 1.29 is 24.2 Å². The Hall–Kier alpha value is -2.87. The quantitative estimate of drug-likeness (QED) is 0.627. The van der Waals surface area contributed by atoms with E-state index < -0.39 is 17.7 Å². The molecule has 0 radical (unpaired) electrons. The average molecular weight is 449 g/mol. The van der Waals surface area contributed by atoms with E-state index in [1.807, 2.05) is 0 Å². The predicted octanol–water partition coefficient (Wildman–Crippen LogP) is 4.42. The molecule has 2 aromatic carbocycles. The Labute approximate surface area is 171 Å². The van der Waals surface area contributed by atoms with E-state index in [0.717, 1.165) is 5.56 Å². The highest BCUT2D eigenvalue weighted by Gasteiger charge is 2.16. The summed E-state index contributed by atoms with van der Waals surface area (Å²) in [6.45, 7) is 5.63. The van der Waals surface area contributed by atoms with Crippen molar-refractivity contribution in [1.29, 1.82) is 0 Å². The van der Waals surface area contributed by atoms with Crippen LogP contribution in [0.3, 0.4) is 0 Å². The fourth-order valence-corrected chi connectivity index (χ4v) is 2.79. The average Bonchev–Trinajstić information content (AvgIpc) is 2.58. The molecule has 7 nitrogen and oxygen atoms in total. The number of amides is 2. The molecule has 0 aliphatic carbocycles. The summed E-state index contributed by atoms with van der Waals surface area (Å²) < 4.78 is 5.52. The van der Waals surface area contributed by atoms with Crippen LogP contribution in [-0.4, -0.2) is 28.7 Å². The molecule has 0 atom stereocenters. The topological polar surface area (TPSA) is 105 Å². The molecule has 0 aliphatic rings. The van der Waals surface area contributed by atoms with Crippen molar-refractivity contribution in [3.63, 3.8) is 0 Å². The number of carbonyl (C=O) groups is 3. The number of carboxylic acids is 1. The lowest BCUT2D eigenvalue weighted by Crippen LogP contribution is -2.27. The number of anilines is 1. The van der Waals surface area contributed by atoms with Crippen LogP contribution in [0.1, 0.15) is 47.1 Å². The van der Waals surface area contributed by atoms with Crippen LogP contribution in [0, 0.1) is 0 Å². The van der Waals surface area contributed by atoms with E-state index in [1.54, 1.807) is 45.0 Å². The van der Waals surface area contributed by atoms with Crippen LogP contribution in [0.15, 0.2) is 46.9 Å². The first-order chi connectivity index (χ1) is 13.0. The Morgan fingerprint density at radius 2 is 1.71 bits per heavy atom. The predicted molar refractivity (Wildman–Crippen MR) is 109 cm³/mol. The summed E-state index contributed by atoms with van der Waals surface area (Å²) in [6.07, 6.45) is -0.538. The molecule has 2 aromatic rings. The van der Waals surface area contributed by atoms with Crippen molar-refractivity contribution in [3.8, 4) is 0 Å². The van der Waals surface area contributed by atoms with Crippen LogP contribution in [0.5, 0.6) is 0 Å². The molecule has 3 N–H and O–H groups in total. The number of hydrogen-bond acceptors (Lipinski definition) is 4. The second kappa shape index (κ2) is 8.88. The van der Waals surface area contributed by atoms with Gasteiger partial charge in [0.2, 0.25) is 0 Å². The molecule has 148 valence electrons. The van der Waals surface area contributed by atoms with E-state index in [4.69, 9.17) is 9.84 Å². The Kier molecular flexibility index (Phi) is 6.80. The Bertz CT molecular complexity index is 888. The first-order valence-electron chi connectivity index (χ1n) is 8.45. The van der Waals surface area contributed by atoms with Crippen molar-refractivity contribution in [3.05, 3.63) is 63.6 Å². The normalized spacial score (nSPS) is 10.9. The largest absolute Gasteiger partial charge is 0.478 e. The van der Waals surface area contributed by atoms with Gasteiger partial charge in [0.1, 0.15) is 5.60 Å². The van der Waals surface area contributed by atoms with Crippen LogP contribution in [-0.2, 0) is 11.3 Å². The van der Waals surface area contributed by atoms with Gasteiger partial charge in [-0.15, -0.1) is 0 Å². The van der Waals surface area contributed by atoms with Crippen LogP contribution in [0.2, 0.25) is 0 Å². The lowest BCUT2D eigenvalue weighted by atomic mass is 10.1. The molecular weight excluding hydrogens is 428 g/mol. The zero-order valence-corrected chi connectivity index (χ0v) is 17.3. The maximum Gasteiger partial charge on any atom is 0.412 e. The smallest absolute Gasteiger partial charge is 0.412 e. The van der Waals surface area contributed by atoms with E-state index >= 15 is 0 Å². The monoisotopic (exact) mass is 448 g/mol. The second-order valence-corrected chi connectivity index (χ2v) is 7.86. The molecule has 0 heterocycles. The first kappa shape index (κ1) is 21.4. The van der Waals surface area contributed by atoms with E-state index in [-0.39, 0.29) is 18.0 Å². The van der Waals surface area contributed by atoms with Crippen molar-refractivity contribution >= 4 is 39.6 Å². The summed E-state index contributed by atoms with van der Waals surface area (Å²) in [6, 6.07) is 11.3. The van der Waals surface area contributed by atoms with Gasteiger partial charge in [-0.3, -0.25) is 10.1 Å². The first-order valence-corrected chi connectivity index (χ1v) is 9.24. The van der Waals surface area contributed by atoms with Gasteiger partial charge in [-0.1, -0.05) is 12.1 Å². The number of aromatic carboxylic acids is 1. The lowest BCUT2D eigenvalue weighted by Gasteiger charge is -2.19. The third-order valence-corrected chi connectivity index (χ3v) is 4.17. The molecule has 0 saturated heterocycles. The van der Waals surface area contributed by atoms with Crippen LogP contribution in [0.25, 0.3) is 0 Å². The minimum atomic E-state index is -1.07. The Morgan fingerprint density at radius 3 is 2.25 bits per heavy atom. The number of carboxylic acid groups (broad SMARTS) is 1. The van der Waals surface area contributed by atoms with Gasteiger partial charge in [0, 0.05) is 22.3 Å². The number of rotatable bonds is 5. The molecule has 0 bridgehead atoms. The number of halogens is 1. The van der Waals surface area contributed by atoms with Crippen molar-refractivity contribution in [2.24, 2.45) is 0 Å². The number of hydrogen-bond donors (Lipinski definition) is 3. The maximum absolute atomic E-state index is 12.2. The number of nitrogens with one attached hydrogen (secondary N) is 2. The highest BCUT2D eigenvalue weighted by atomic mass is 79.9. The number of carbonyl (C=O) groups excluding carboxylic acids is 2. The zero-order valence-electron chi connectivity index (χ0n) is 15.7. The van der Waals surface area contributed by atoms with Crippen molar-refractivity contribution in [1.82, 2.24) is 5.32 Å². The van der Waals surface area contributed by atoms with E-state index in [0.29, 0.717) is 15.7 Å². The van der Waals surface area contributed by atoms with Crippen LogP contribution >= 0.6 is 15.9 Å². The van der Waals surface area contributed by atoms with Gasteiger partial charge in [-0.05, 0) is 72.6 Å². The van der Waals surface area contributed by atoms with Gasteiger partial charge in [-0.2, -0.15) is 0 Å². The van der Waals surface area contributed by atoms with Gasteiger partial charge in [0.25, 0.3) is 5.91 Å². The van der Waals surface area contributed by atoms with E-state index in [9.17, 15) is 14.4 Å². The maximum atomic E-state index is 12.2. The summed E-state index contributed by atoms with van der Waals surface area (Å²) in [7, 11) is 0. The molecule has 0 aliphatic heterocycles. The lowest BCUT2D eigenvalue weighted by molar-refractivity contribution is 0.0634. The van der Waals surface area contributed by atoms with Crippen LogP contribution in [0.4, 0.5) is 10.5 Å². The Morgan fingerprint density at radius 1 is 1.07 bits per heavy atom. The van der Waals surface area contributed by atoms with E-state index in [1.165, 1.54) is 18.2 Å². The molecule has 0 spiro atoms. The third kappa shape index (κ3) is 6.38. The molecule has 2 rings (SSSR count). The van der Waals surface area contributed by atoms with Gasteiger partial charge < -0.3 is 15.2 Å². The minimum Gasteiger partial charge on any atom is -0.478 e. The molecular formula is C20H21BrN2O5. The molecule has 2 amide bonds. The van der Waals surface area contributed by atoms with Gasteiger partial charge in [-0.25, -0.2) is 9.59 Å². The molecule has 0 unspecified atom stereocenters. The second-order valence-electron chi connectivity index (χ2n) is 7.01. The number of benzene rings is 2. The highest BCUT2D eigenvalue weighted by molar-refractivity contribution is 9.10. The zero-order chi connectivity index (χ0) is 20.9. The standard InChI is InChI=1S/C20H21BrN2O5/c1-20(2,3)28-19(27)23-14-7-4-12(5-8-14)11-22-17(24)13-6-9-15(18(25)26)16(21)10-13/h4-10H,11H2,1-3H3,(H,22,24)(H,23,27)(H,25,26). The fraction of sp³-hybridized carbons (Fsp3) is 0.250. The molecule has 28 heavy (non-hydrogen) atoms. The Balaban J connectivity index is 1.92. The minimum absolute atomic E-state index is 0.0876. The SMILES string of the molecule is CC(C)(C)OC(=O)Nc1ccc(CNC(=O)c2ccc(C(=O)O)c(Br)c2)cc1. The van der Waals surface area contributed by atoms with Gasteiger partial charge in [0.15, 0.2) is 0 Å². The van der Waals surface area contributed by atoms with Crippen molar-refractivity contribution in [2.45, 2.75) is 32.9 Å². The van der Waals surface area contributed by atoms with Crippen LogP contribution < -0.4 is 10.6 Å².